The molecule has 5 rings (SSSR count). The maximum Gasteiger partial charge on any atom is 0.191 e. The lowest BCUT2D eigenvalue weighted by Crippen LogP contribution is -2.35. The molecule has 4 nitrogen and oxygen atoms in total. The van der Waals surface area contributed by atoms with Crippen LogP contribution in [0.3, 0.4) is 0 Å². The van der Waals surface area contributed by atoms with Gasteiger partial charge in [0.1, 0.15) is 11.5 Å². The van der Waals surface area contributed by atoms with Crippen LogP contribution in [-0.4, -0.2) is 17.3 Å². The molecule has 4 aromatic carbocycles. The molecule has 37 heavy (non-hydrogen) atoms. The van der Waals surface area contributed by atoms with Gasteiger partial charge in [-0.1, -0.05) is 91.0 Å². The van der Waals surface area contributed by atoms with Crippen molar-refractivity contribution in [2.24, 2.45) is 10.9 Å². The monoisotopic (exact) mass is 485 g/mol. The normalized spacial score (nSPS) is 17.2. The van der Waals surface area contributed by atoms with Crippen LogP contribution in [-0.2, 0) is 0 Å². The lowest BCUT2D eigenvalue weighted by atomic mass is 9.71. The average Bonchev–Trinajstić information content (AvgIpc) is 2.94. The van der Waals surface area contributed by atoms with Crippen LogP contribution in [0.25, 0.3) is 0 Å². The number of aliphatic imine (C=N–C) groups is 1. The van der Waals surface area contributed by atoms with Crippen molar-refractivity contribution in [1.82, 2.24) is 0 Å². The zero-order chi connectivity index (χ0) is 25.8. The summed E-state index contributed by atoms with van der Waals surface area (Å²) in [6, 6.07) is 35.6. The van der Waals surface area contributed by atoms with Gasteiger partial charge in [-0.15, -0.1) is 0 Å². The molecule has 4 heteroatoms. The minimum absolute atomic E-state index is 0.0629. The number of rotatable bonds is 7. The molecule has 0 fully saturated rings. The summed E-state index contributed by atoms with van der Waals surface area (Å²) >= 11 is 0. The molecule has 1 heterocycles. The number of nitrogens with zero attached hydrogens (tertiary/aromatic N) is 1. The quantitative estimate of drug-likeness (QED) is 0.252. The van der Waals surface area contributed by atoms with Crippen LogP contribution in [0.2, 0.25) is 0 Å². The molecule has 0 N–H and O–H groups in total. The number of hydrogen-bond acceptors (Lipinski definition) is 4. The molecule has 1 aliphatic heterocycles. The topological polar surface area (TPSA) is 55.7 Å². The van der Waals surface area contributed by atoms with Gasteiger partial charge >= 0.3 is 0 Å². The Morgan fingerprint density at radius 2 is 1.24 bits per heavy atom. The molecule has 1 aliphatic rings. The molecule has 0 saturated heterocycles. The number of Topliss-reactive ketones (excluding diaryl/α,β-unsaturated/α-hetero) is 2. The second kappa shape index (κ2) is 10.6. The Kier molecular flexibility index (Phi) is 6.91. The van der Waals surface area contributed by atoms with Gasteiger partial charge in [-0.05, 0) is 43.7 Å². The van der Waals surface area contributed by atoms with Crippen LogP contribution in [0.4, 0.5) is 0 Å². The van der Waals surface area contributed by atoms with Gasteiger partial charge in [-0.25, -0.2) is 0 Å². The van der Waals surface area contributed by atoms with E-state index in [1.807, 2.05) is 117 Å². The second-order valence-electron chi connectivity index (χ2n) is 9.12. The van der Waals surface area contributed by atoms with Crippen LogP contribution in [0.1, 0.15) is 46.0 Å². The molecule has 2 unspecified atom stereocenters. The van der Waals surface area contributed by atoms with E-state index in [0.29, 0.717) is 39.6 Å². The maximum absolute atomic E-state index is 13.9. The number of ketones is 2. The van der Waals surface area contributed by atoms with Crippen molar-refractivity contribution in [3.05, 3.63) is 143 Å². The van der Waals surface area contributed by atoms with Crippen molar-refractivity contribution in [2.75, 3.05) is 0 Å². The summed E-state index contributed by atoms with van der Waals surface area (Å²) in [5, 5.41) is 0. The molecule has 0 spiro atoms. The van der Waals surface area contributed by atoms with E-state index in [0.717, 1.165) is 5.56 Å². The first-order chi connectivity index (χ1) is 18.0. The fourth-order valence-electron chi connectivity index (χ4n) is 4.96. The molecule has 0 aromatic heterocycles. The van der Waals surface area contributed by atoms with E-state index < -0.39 is 11.8 Å². The van der Waals surface area contributed by atoms with Crippen molar-refractivity contribution < 1.29 is 14.3 Å². The smallest absolute Gasteiger partial charge is 0.191 e. The third-order valence-corrected chi connectivity index (χ3v) is 6.65. The van der Waals surface area contributed by atoms with Crippen molar-refractivity contribution in [1.29, 1.82) is 0 Å². The van der Waals surface area contributed by atoms with E-state index in [2.05, 4.69) is 0 Å². The molecule has 4 aromatic rings. The van der Waals surface area contributed by atoms with E-state index in [1.165, 1.54) is 0 Å². The largest absolute Gasteiger partial charge is 0.457 e. The van der Waals surface area contributed by atoms with Crippen molar-refractivity contribution in [2.45, 2.75) is 19.8 Å². The third kappa shape index (κ3) is 5.05. The highest BCUT2D eigenvalue weighted by atomic mass is 16.5. The summed E-state index contributed by atoms with van der Waals surface area (Å²) in [5.41, 5.74) is 3.84. The maximum atomic E-state index is 13.9. The third-order valence-electron chi connectivity index (χ3n) is 6.65. The predicted molar refractivity (Wildman–Crippen MR) is 147 cm³/mol. The van der Waals surface area contributed by atoms with Crippen LogP contribution in [0.15, 0.2) is 132 Å². The van der Waals surface area contributed by atoms with E-state index in [9.17, 15) is 9.59 Å². The van der Waals surface area contributed by atoms with E-state index in [1.54, 1.807) is 12.1 Å². The van der Waals surface area contributed by atoms with E-state index in [4.69, 9.17) is 9.73 Å². The summed E-state index contributed by atoms with van der Waals surface area (Å²) in [6.07, 6.45) is 0. The van der Waals surface area contributed by atoms with Crippen LogP contribution in [0, 0.1) is 5.92 Å². The molecule has 0 amide bonds. The lowest BCUT2D eigenvalue weighted by molar-refractivity contribution is 0.0938. The zero-order valence-corrected chi connectivity index (χ0v) is 20.8. The molecule has 0 aliphatic carbocycles. The Hall–Kier alpha value is -4.57. The highest BCUT2D eigenvalue weighted by molar-refractivity contribution is 6.17. The van der Waals surface area contributed by atoms with E-state index in [-0.39, 0.29) is 11.6 Å². The molecular weight excluding hydrogens is 458 g/mol. The van der Waals surface area contributed by atoms with Crippen molar-refractivity contribution in [3.63, 3.8) is 0 Å². The minimum Gasteiger partial charge on any atom is -0.457 e. The average molecular weight is 486 g/mol. The number of carbonyl (C=O) groups excluding carboxylic acids is 2. The first-order valence-electron chi connectivity index (χ1n) is 12.3. The van der Waals surface area contributed by atoms with Crippen LogP contribution < -0.4 is 4.74 Å². The Morgan fingerprint density at radius 3 is 1.89 bits per heavy atom. The Bertz CT molecular complexity index is 1490. The standard InChI is InChI=1S/C33H27NO3/c1-22-29(32(35)24-13-6-3-7-14-24)31(30(23(2)34-22)33(36)25-15-8-4-9-16-25)26-17-12-20-28(21-26)37-27-18-10-5-11-19-27/h3-21,29,31H,1-2H3. The first-order valence-corrected chi connectivity index (χ1v) is 12.3. The molecule has 0 bridgehead atoms. The Labute approximate surface area is 217 Å². The number of para-hydroxylation sites is 1. The summed E-state index contributed by atoms with van der Waals surface area (Å²) in [7, 11) is 0. The van der Waals surface area contributed by atoms with Gasteiger partial charge in [0.2, 0.25) is 0 Å². The fraction of sp³-hybridized carbons (Fsp3) is 0.121. The van der Waals surface area contributed by atoms with E-state index >= 15 is 0 Å². The number of carbonyl (C=O) groups is 2. The van der Waals surface area contributed by atoms with Crippen molar-refractivity contribution >= 4 is 17.3 Å². The summed E-state index contributed by atoms with van der Waals surface area (Å²) in [5.74, 6) is 0.0221. The predicted octanol–water partition coefficient (Wildman–Crippen LogP) is 7.69. The van der Waals surface area contributed by atoms with Crippen LogP contribution >= 0.6 is 0 Å². The molecule has 2 atom stereocenters. The SMILES string of the molecule is CC1=NC(C)=C(C(=O)c2ccccc2)C(c2cccc(Oc3ccccc3)c2)C1C(=O)c1ccccc1. The number of hydrogen-bond donors (Lipinski definition) is 0. The van der Waals surface area contributed by atoms with Gasteiger partial charge in [0.15, 0.2) is 11.6 Å². The summed E-state index contributed by atoms with van der Waals surface area (Å²) < 4.78 is 6.11. The van der Waals surface area contributed by atoms with Gasteiger partial charge in [0, 0.05) is 34.0 Å². The lowest BCUT2D eigenvalue weighted by Gasteiger charge is -2.33. The van der Waals surface area contributed by atoms with Gasteiger partial charge in [-0.2, -0.15) is 0 Å². The van der Waals surface area contributed by atoms with Gasteiger partial charge in [0.05, 0.1) is 5.92 Å². The zero-order valence-electron chi connectivity index (χ0n) is 20.8. The van der Waals surface area contributed by atoms with Gasteiger partial charge in [0.25, 0.3) is 0 Å². The van der Waals surface area contributed by atoms with Crippen LogP contribution in [0.5, 0.6) is 11.5 Å². The molecular formula is C33H27NO3. The fourth-order valence-corrected chi connectivity index (χ4v) is 4.96. The molecule has 0 radical (unpaired) electrons. The Balaban J connectivity index is 1.64. The van der Waals surface area contributed by atoms with Crippen molar-refractivity contribution in [3.8, 4) is 11.5 Å². The number of allylic oxidation sites excluding steroid dienone is 2. The first kappa shape index (κ1) is 24.1. The molecule has 0 saturated carbocycles. The number of ether oxygens (including phenoxy) is 1. The summed E-state index contributed by atoms with van der Waals surface area (Å²) in [6.45, 7) is 3.72. The highest BCUT2D eigenvalue weighted by Crippen LogP contribution is 2.42. The summed E-state index contributed by atoms with van der Waals surface area (Å²) in [4.78, 5) is 32.6. The van der Waals surface area contributed by atoms with Gasteiger partial charge < -0.3 is 4.74 Å². The highest BCUT2D eigenvalue weighted by Gasteiger charge is 2.41. The second-order valence-corrected chi connectivity index (χ2v) is 9.12. The molecule has 182 valence electrons. The Morgan fingerprint density at radius 1 is 0.676 bits per heavy atom. The minimum atomic E-state index is -0.624. The number of benzene rings is 4. The van der Waals surface area contributed by atoms with Gasteiger partial charge in [-0.3, -0.25) is 14.6 Å².